The maximum absolute atomic E-state index is 11.5. The van der Waals surface area contributed by atoms with Gasteiger partial charge >= 0.3 is 0 Å². The third kappa shape index (κ3) is 8.16. The van der Waals surface area contributed by atoms with Crippen LogP contribution in [0.25, 0.3) is 33.5 Å². The molecule has 6 nitrogen and oxygen atoms in total. The first-order valence-electron chi connectivity index (χ1n) is 14.4. The summed E-state index contributed by atoms with van der Waals surface area (Å²) in [4.78, 5) is 16.5. The molecule has 0 amide bonds. The molecule has 233 valence electrons. The maximum Gasteiger partial charge on any atom is 0.164 e. The summed E-state index contributed by atoms with van der Waals surface area (Å²) < 4.78 is 9.96. The molecule has 3 aromatic heterocycles. The minimum atomic E-state index is -0.417. The molecule has 0 saturated carbocycles. The molecule has 1 N–H and O–H groups in total. The van der Waals surface area contributed by atoms with E-state index in [1.54, 1.807) is 7.11 Å². The number of allylic oxidation sites excluding steroid dienone is 2. The van der Waals surface area contributed by atoms with Crippen LogP contribution in [0.15, 0.2) is 91.2 Å². The standard InChI is InChI=1S/C26H22N3O.C11H20O2.Ir/c1-18-12-19(2)14-21(13-18)26-25(30-3)16-20-15-23(28-8-4-5-9-28)24(17-22(20)27-26)29-10-6-7-11-29;1-10(2,3)8(12)7-9(13)11(4,5)6;/h4-13,15-17H,1-3H3;7,12H,1-6H3;/q-1;;/b;8-7-;. The molecule has 0 spiro atoms. The predicted octanol–water partition coefficient (Wildman–Crippen LogP) is 9.00. The molecule has 0 unspecified atom stereocenters. The first-order valence-corrected chi connectivity index (χ1v) is 14.4. The van der Waals surface area contributed by atoms with Gasteiger partial charge in [-0.25, -0.2) is 0 Å². The zero-order valence-electron chi connectivity index (χ0n) is 27.0. The number of benzene rings is 2. The van der Waals surface area contributed by atoms with Gasteiger partial charge in [-0.2, -0.15) is 0 Å². The van der Waals surface area contributed by atoms with E-state index in [1.807, 2.05) is 65.8 Å². The summed E-state index contributed by atoms with van der Waals surface area (Å²) in [5.41, 5.74) is 6.33. The summed E-state index contributed by atoms with van der Waals surface area (Å²) in [5, 5.41) is 10.6. The second-order valence-corrected chi connectivity index (χ2v) is 12.9. The van der Waals surface area contributed by atoms with Gasteiger partial charge in [0.2, 0.25) is 0 Å². The van der Waals surface area contributed by atoms with Crippen LogP contribution in [-0.4, -0.2) is 32.1 Å². The van der Waals surface area contributed by atoms with E-state index in [1.165, 1.54) is 11.6 Å². The fourth-order valence-electron chi connectivity index (χ4n) is 4.51. The Morgan fingerprint density at radius 1 is 0.841 bits per heavy atom. The molecule has 0 aliphatic heterocycles. The number of nitrogens with zero attached hydrogens (tertiary/aromatic N) is 3. The molecular weight excluding hydrogens is 727 g/mol. The number of aryl methyl sites for hydroxylation is 2. The molecule has 0 aliphatic carbocycles. The van der Waals surface area contributed by atoms with Crippen molar-refractivity contribution < 1.29 is 34.7 Å². The van der Waals surface area contributed by atoms with E-state index in [4.69, 9.17) is 9.72 Å². The molecular formula is C37H42IrN3O3-. The molecule has 5 aromatic rings. The summed E-state index contributed by atoms with van der Waals surface area (Å²) >= 11 is 0. The third-order valence-corrected chi connectivity index (χ3v) is 7.04. The molecule has 0 saturated heterocycles. The number of pyridine rings is 1. The smallest absolute Gasteiger partial charge is 0.164 e. The monoisotopic (exact) mass is 769 g/mol. The average molecular weight is 769 g/mol. The summed E-state index contributed by atoms with van der Waals surface area (Å²) in [6.45, 7) is 15.3. The number of rotatable bonds is 5. The Kier molecular flexibility index (Phi) is 10.8. The SMILES string of the molecule is CC(C)(C)C(=O)/C=C(\O)C(C)(C)C.COc1cc2cc(-n3cccc3)c(-n3cccc3)cc2nc1-c1[c-]c(C)cc(C)c1.[Ir]. The van der Waals surface area contributed by atoms with Crippen molar-refractivity contribution in [2.45, 2.75) is 55.4 Å². The van der Waals surface area contributed by atoms with Crippen LogP contribution in [0.1, 0.15) is 52.7 Å². The van der Waals surface area contributed by atoms with Gasteiger partial charge < -0.3 is 19.0 Å². The molecule has 2 aromatic carbocycles. The van der Waals surface area contributed by atoms with E-state index in [0.717, 1.165) is 44.8 Å². The zero-order valence-corrected chi connectivity index (χ0v) is 29.4. The van der Waals surface area contributed by atoms with Crippen molar-refractivity contribution in [2.75, 3.05) is 7.11 Å². The van der Waals surface area contributed by atoms with Crippen molar-refractivity contribution in [3.05, 3.63) is 108 Å². The van der Waals surface area contributed by atoms with Crippen molar-refractivity contribution in [3.8, 4) is 28.4 Å². The first-order chi connectivity index (χ1) is 20.2. The Balaban J connectivity index is 0.000000324. The largest absolute Gasteiger partial charge is 0.512 e. The molecule has 44 heavy (non-hydrogen) atoms. The molecule has 7 heteroatoms. The zero-order chi connectivity index (χ0) is 31.5. The Labute approximate surface area is 274 Å². The van der Waals surface area contributed by atoms with E-state index in [2.05, 4.69) is 84.2 Å². The number of ether oxygens (including phenoxy) is 1. The summed E-state index contributed by atoms with van der Waals surface area (Å²) in [6, 6.07) is 22.1. The van der Waals surface area contributed by atoms with Crippen LogP contribution in [0.5, 0.6) is 5.75 Å². The van der Waals surface area contributed by atoms with Crippen LogP contribution < -0.4 is 4.74 Å². The Hall–Kier alpha value is -3.93. The molecule has 0 aliphatic rings. The van der Waals surface area contributed by atoms with Crippen molar-refractivity contribution in [1.82, 2.24) is 14.1 Å². The van der Waals surface area contributed by atoms with Crippen molar-refractivity contribution in [2.24, 2.45) is 10.8 Å². The number of fused-ring (bicyclic) bond motifs is 1. The van der Waals surface area contributed by atoms with E-state index in [0.29, 0.717) is 0 Å². The number of ketones is 1. The molecule has 0 atom stereocenters. The Morgan fingerprint density at radius 3 is 1.86 bits per heavy atom. The minimum Gasteiger partial charge on any atom is -0.512 e. The predicted molar refractivity (Wildman–Crippen MR) is 175 cm³/mol. The number of aromatic nitrogens is 3. The minimum absolute atomic E-state index is 0. The van der Waals surface area contributed by atoms with Crippen LogP contribution in [0.4, 0.5) is 0 Å². The van der Waals surface area contributed by atoms with E-state index in [9.17, 15) is 9.90 Å². The van der Waals surface area contributed by atoms with Crippen molar-refractivity contribution >= 4 is 16.7 Å². The number of carbonyl (C=O) groups is 1. The number of hydrogen-bond donors (Lipinski definition) is 1. The van der Waals surface area contributed by atoms with E-state index in [-0.39, 0.29) is 37.1 Å². The summed E-state index contributed by atoms with van der Waals surface area (Å²) in [7, 11) is 1.69. The third-order valence-electron chi connectivity index (χ3n) is 7.04. The number of aliphatic hydroxyl groups is 1. The van der Waals surface area contributed by atoms with Gasteiger partial charge in [0.15, 0.2) is 5.78 Å². The van der Waals surface area contributed by atoms with Crippen LogP contribution in [-0.2, 0) is 24.9 Å². The van der Waals surface area contributed by atoms with Crippen LogP contribution in [0, 0.1) is 30.7 Å². The number of hydrogen-bond acceptors (Lipinski definition) is 4. The second kappa shape index (κ2) is 13.8. The van der Waals surface area contributed by atoms with Gasteiger partial charge in [0, 0.05) is 72.9 Å². The van der Waals surface area contributed by atoms with Crippen molar-refractivity contribution in [3.63, 3.8) is 0 Å². The van der Waals surface area contributed by atoms with Crippen LogP contribution in [0.3, 0.4) is 0 Å². The summed E-state index contributed by atoms with van der Waals surface area (Å²) in [6.07, 6.45) is 9.54. The molecule has 0 bridgehead atoms. The number of aliphatic hydroxyl groups excluding tert-OH is 1. The van der Waals surface area contributed by atoms with Gasteiger partial charge in [-0.15, -0.1) is 34.9 Å². The fourth-order valence-corrected chi connectivity index (χ4v) is 4.51. The van der Waals surface area contributed by atoms with Crippen molar-refractivity contribution in [1.29, 1.82) is 0 Å². The van der Waals surface area contributed by atoms with Gasteiger partial charge in [0.1, 0.15) is 11.5 Å². The molecule has 5 rings (SSSR count). The van der Waals surface area contributed by atoms with Crippen LogP contribution >= 0.6 is 0 Å². The first kappa shape index (κ1) is 34.6. The second-order valence-electron chi connectivity index (χ2n) is 12.9. The summed E-state index contributed by atoms with van der Waals surface area (Å²) in [5.74, 6) is 0.850. The van der Waals surface area contributed by atoms with Gasteiger partial charge in [0.25, 0.3) is 0 Å². The van der Waals surface area contributed by atoms with Gasteiger partial charge in [0.05, 0.1) is 24.0 Å². The van der Waals surface area contributed by atoms with E-state index < -0.39 is 5.41 Å². The van der Waals surface area contributed by atoms with E-state index >= 15 is 0 Å². The molecule has 0 fully saturated rings. The fraction of sp³-hybridized carbons (Fsp3) is 0.297. The maximum atomic E-state index is 11.5. The van der Waals surface area contributed by atoms with Gasteiger partial charge in [-0.3, -0.25) is 9.78 Å². The number of carbonyl (C=O) groups excluding carboxylic acids is 1. The Bertz CT molecular complexity index is 1730. The van der Waals surface area contributed by atoms with Gasteiger partial charge in [-0.1, -0.05) is 55.4 Å². The number of methoxy groups -OCH3 is 1. The average Bonchev–Trinajstić information content (AvgIpc) is 3.65. The Morgan fingerprint density at radius 2 is 1.39 bits per heavy atom. The molecule has 1 radical (unpaired) electrons. The normalized spacial score (nSPS) is 11.9. The topological polar surface area (TPSA) is 69.3 Å². The van der Waals surface area contributed by atoms with Gasteiger partial charge in [-0.05, 0) is 42.5 Å². The van der Waals surface area contributed by atoms with Crippen LogP contribution in [0.2, 0.25) is 0 Å². The quantitative estimate of drug-likeness (QED) is 0.110. The molecule has 3 heterocycles.